The van der Waals surface area contributed by atoms with Crippen molar-refractivity contribution in [2.75, 3.05) is 11.5 Å². The van der Waals surface area contributed by atoms with Gasteiger partial charge in [-0.15, -0.1) is 0 Å². The molecule has 1 saturated heterocycles. The fraction of sp³-hybridized carbons (Fsp3) is 0.917. The summed E-state index contributed by atoms with van der Waals surface area (Å²) in [5, 5.41) is 13.1. The molecule has 0 spiro atoms. The van der Waals surface area contributed by atoms with Crippen LogP contribution in [0.4, 0.5) is 0 Å². The number of thioether (sulfide) groups is 1. The van der Waals surface area contributed by atoms with Crippen LogP contribution in [0, 0.1) is 5.92 Å². The lowest BCUT2D eigenvalue weighted by Crippen LogP contribution is -2.51. The van der Waals surface area contributed by atoms with Gasteiger partial charge >= 0.3 is 0 Å². The molecule has 1 atom stereocenters. The van der Waals surface area contributed by atoms with Crippen LogP contribution < -0.4 is 5.32 Å². The van der Waals surface area contributed by atoms with Gasteiger partial charge in [0.1, 0.15) is 0 Å². The number of hydrogen-bond donors (Lipinski definition) is 2. The molecule has 2 N–H and O–H groups in total. The SMILES string of the molecule is CC1CCC(NC(=O)C2(O)CCSC2)CC1. The van der Waals surface area contributed by atoms with Gasteiger partial charge in [0, 0.05) is 11.8 Å². The van der Waals surface area contributed by atoms with Gasteiger partial charge in [0.15, 0.2) is 5.60 Å². The molecule has 1 unspecified atom stereocenters. The Kier molecular flexibility index (Phi) is 3.80. The van der Waals surface area contributed by atoms with Gasteiger partial charge in [-0.05, 0) is 43.8 Å². The van der Waals surface area contributed by atoms with Gasteiger partial charge < -0.3 is 10.4 Å². The van der Waals surface area contributed by atoms with Crippen molar-refractivity contribution < 1.29 is 9.90 Å². The van der Waals surface area contributed by atoms with E-state index < -0.39 is 5.60 Å². The third-order valence-electron chi connectivity index (χ3n) is 3.77. The number of hydrogen-bond acceptors (Lipinski definition) is 3. The Balaban J connectivity index is 1.83. The summed E-state index contributed by atoms with van der Waals surface area (Å²) < 4.78 is 0. The maximum absolute atomic E-state index is 11.9. The summed E-state index contributed by atoms with van der Waals surface area (Å²) in [7, 11) is 0. The molecule has 2 rings (SSSR count). The van der Waals surface area contributed by atoms with Crippen LogP contribution in [0.2, 0.25) is 0 Å². The molecular formula is C12H21NO2S. The molecule has 0 aromatic heterocycles. The fourth-order valence-electron chi connectivity index (χ4n) is 2.46. The Labute approximate surface area is 101 Å². The Morgan fingerprint density at radius 2 is 2.06 bits per heavy atom. The van der Waals surface area contributed by atoms with Crippen molar-refractivity contribution in [2.24, 2.45) is 5.92 Å². The molecule has 16 heavy (non-hydrogen) atoms. The average molecular weight is 243 g/mol. The van der Waals surface area contributed by atoms with E-state index in [9.17, 15) is 9.90 Å². The Hall–Kier alpha value is -0.220. The van der Waals surface area contributed by atoms with Gasteiger partial charge in [0.05, 0.1) is 0 Å². The molecule has 0 aromatic rings. The van der Waals surface area contributed by atoms with Crippen LogP contribution in [0.1, 0.15) is 39.0 Å². The highest BCUT2D eigenvalue weighted by Gasteiger charge is 2.40. The van der Waals surface area contributed by atoms with Crippen LogP contribution in [-0.2, 0) is 4.79 Å². The molecule has 2 fully saturated rings. The summed E-state index contributed by atoms with van der Waals surface area (Å²) in [5.74, 6) is 2.10. The van der Waals surface area contributed by atoms with E-state index in [2.05, 4.69) is 12.2 Å². The smallest absolute Gasteiger partial charge is 0.253 e. The van der Waals surface area contributed by atoms with Gasteiger partial charge in [-0.2, -0.15) is 11.8 Å². The molecule has 0 bridgehead atoms. The molecule has 0 radical (unpaired) electrons. The van der Waals surface area contributed by atoms with Crippen LogP contribution >= 0.6 is 11.8 Å². The third kappa shape index (κ3) is 2.72. The zero-order chi connectivity index (χ0) is 11.6. The largest absolute Gasteiger partial charge is 0.379 e. The van der Waals surface area contributed by atoms with Gasteiger partial charge in [-0.25, -0.2) is 0 Å². The predicted molar refractivity (Wildman–Crippen MR) is 66.5 cm³/mol. The van der Waals surface area contributed by atoms with Crippen molar-refractivity contribution in [2.45, 2.75) is 50.7 Å². The van der Waals surface area contributed by atoms with E-state index in [-0.39, 0.29) is 5.91 Å². The lowest BCUT2D eigenvalue weighted by atomic mass is 9.87. The zero-order valence-electron chi connectivity index (χ0n) is 9.87. The van der Waals surface area contributed by atoms with E-state index in [0.717, 1.165) is 24.5 Å². The normalized spacial score (nSPS) is 39.6. The van der Waals surface area contributed by atoms with E-state index in [1.807, 2.05) is 0 Å². The molecule has 0 aromatic carbocycles. The van der Waals surface area contributed by atoms with Crippen molar-refractivity contribution in [3.05, 3.63) is 0 Å². The minimum Gasteiger partial charge on any atom is -0.379 e. The second kappa shape index (κ2) is 4.96. The van der Waals surface area contributed by atoms with E-state index in [1.165, 1.54) is 12.8 Å². The zero-order valence-corrected chi connectivity index (χ0v) is 10.7. The number of carbonyl (C=O) groups is 1. The highest BCUT2D eigenvalue weighted by molar-refractivity contribution is 7.99. The van der Waals surface area contributed by atoms with Gasteiger partial charge in [0.2, 0.25) is 0 Å². The molecule has 1 saturated carbocycles. The Morgan fingerprint density at radius 3 is 2.62 bits per heavy atom. The highest BCUT2D eigenvalue weighted by atomic mass is 32.2. The molecule has 4 heteroatoms. The molecule has 1 heterocycles. The number of aliphatic hydroxyl groups is 1. The summed E-state index contributed by atoms with van der Waals surface area (Å²) >= 11 is 1.66. The lowest BCUT2D eigenvalue weighted by Gasteiger charge is -2.30. The topological polar surface area (TPSA) is 49.3 Å². The first-order valence-corrected chi connectivity index (χ1v) is 7.37. The summed E-state index contributed by atoms with van der Waals surface area (Å²) in [6.45, 7) is 2.26. The maximum atomic E-state index is 11.9. The lowest BCUT2D eigenvalue weighted by molar-refractivity contribution is -0.138. The van der Waals surface area contributed by atoms with Gasteiger partial charge in [-0.3, -0.25) is 4.79 Å². The number of amides is 1. The molecule has 2 aliphatic rings. The first kappa shape index (κ1) is 12.2. The van der Waals surface area contributed by atoms with E-state index in [1.54, 1.807) is 11.8 Å². The summed E-state index contributed by atoms with van der Waals surface area (Å²) in [5.41, 5.74) is -1.09. The highest BCUT2D eigenvalue weighted by Crippen LogP contribution is 2.29. The van der Waals surface area contributed by atoms with Crippen LogP contribution in [0.15, 0.2) is 0 Å². The monoisotopic (exact) mass is 243 g/mol. The Bertz CT molecular complexity index is 256. The van der Waals surface area contributed by atoms with Crippen molar-refractivity contribution >= 4 is 17.7 Å². The molecule has 1 amide bonds. The van der Waals surface area contributed by atoms with Crippen LogP contribution in [0.5, 0.6) is 0 Å². The second-order valence-electron chi connectivity index (χ2n) is 5.26. The van der Waals surface area contributed by atoms with Crippen LogP contribution in [0.25, 0.3) is 0 Å². The third-order valence-corrected chi connectivity index (χ3v) is 4.95. The first-order chi connectivity index (χ1) is 7.60. The minimum atomic E-state index is -1.09. The average Bonchev–Trinajstić information content (AvgIpc) is 2.70. The predicted octanol–water partition coefficient (Wildman–Crippen LogP) is 1.55. The molecule has 1 aliphatic carbocycles. The maximum Gasteiger partial charge on any atom is 0.253 e. The van der Waals surface area contributed by atoms with Crippen LogP contribution in [-0.4, -0.2) is 34.2 Å². The quantitative estimate of drug-likeness (QED) is 0.773. The summed E-state index contributed by atoms with van der Waals surface area (Å²) in [4.78, 5) is 11.9. The minimum absolute atomic E-state index is 0.142. The van der Waals surface area contributed by atoms with E-state index in [4.69, 9.17) is 0 Å². The molecule has 1 aliphatic heterocycles. The standard InChI is InChI=1S/C12H21NO2S/c1-9-2-4-10(5-3-9)13-11(14)12(15)6-7-16-8-12/h9-10,15H,2-8H2,1H3,(H,13,14). The number of nitrogens with one attached hydrogen (secondary N) is 1. The molecule has 92 valence electrons. The van der Waals surface area contributed by atoms with E-state index in [0.29, 0.717) is 18.2 Å². The summed E-state index contributed by atoms with van der Waals surface area (Å²) in [6.07, 6.45) is 5.12. The Morgan fingerprint density at radius 1 is 1.38 bits per heavy atom. The van der Waals surface area contributed by atoms with Crippen molar-refractivity contribution in [3.63, 3.8) is 0 Å². The van der Waals surface area contributed by atoms with E-state index >= 15 is 0 Å². The summed E-state index contributed by atoms with van der Waals surface area (Å²) in [6, 6.07) is 0.290. The van der Waals surface area contributed by atoms with Crippen molar-refractivity contribution in [3.8, 4) is 0 Å². The van der Waals surface area contributed by atoms with Crippen LogP contribution in [0.3, 0.4) is 0 Å². The van der Waals surface area contributed by atoms with Gasteiger partial charge in [-0.1, -0.05) is 6.92 Å². The fourth-order valence-corrected chi connectivity index (χ4v) is 3.70. The van der Waals surface area contributed by atoms with Crippen molar-refractivity contribution in [1.82, 2.24) is 5.32 Å². The number of rotatable bonds is 2. The molecule has 3 nitrogen and oxygen atoms in total. The first-order valence-electron chi connectivity index (χ1n) is 6.21. The number of carbonyl (C=O) groups excluding carboxylic acids is 1. The van der Waals surface area contributed by atoms with Crippen molar-refractivity contribution in [1.29, 1.82) is 0 Å². The van der Waals surface area contributed by atoms with Gasteiger partial charge in [0.25, 0.3) is 5.91 Å². The molecular weight excluding hydrogens is 222 g/mol. The second-order valence-corrected chi connectivity index (χ2v) is 6.37.